The number of hydrogen-bond acceptors (Lipinski definition) is 8. The van der Waals surface area contributed by atoms with Crippen molar-refractivity contribution in [3.63, 3.8) is 0 Å². The maximum atomic E-state index is 10.0. The highest BCUT2D eigenvalue weighted by Crippen LogP contribution is 2.48. The molecule has 0 aliphatic carbocycles. The lowest BCUT2D eigenvalue weighted by Gasteiger charge is -2.30. The third kappa shape index (κ3) is 8.93. The van der Waals surface area contributed by atoms with Gasteiger partial charge in [-0.2, -0.15) is 0 Å². The summed E-state index contributed by atoms with van der Waals surface area (Å²) in [5.74, 6) is -1.06. The molecule has 0 saturated heterocycles. The van der Waals surface area contributed by atoms with Crippen molar-refractivity contribution in [2.24, 2.45) is 0 Å². The van der Waals surface area contributed by atoms with E-state index in [1.807, 2.05) is 97.1 Å². The number of benzene rings is 6. The van der Waals surface area contributed by atoms with E-state index in [-0.39, 0.29) is 11.5 Å². The van der Waals surface area contributed by atoms with Crippen LogP contribution in [0.15, 0.2) is 158 Å². The fourth-order valence-electron chi connectivity index (χ4n) is 5.60. The number of hydrogen-bond donors (Lipinski definition) is 6. The predicted octanol–water partition coefficient (Wildman–Crippen LogP) is 7.99. The van der Waals surface area contributed by atoms with Crippen molar-refractivity contribution < 1.29 is 36.8 Å². The quantitative estimate of drug-likeness (QED) is 0.0654. The molecule has 0 amide bonds. The lowest BCUT2D eigenvalue weighted by Crippen LogP contribution is -2.27. The number of rotatable bonds is 13. The Balaban J connectivity index is 1.72. The Morgan fingerprint density at radius 2 is 0.640 bits per heavy atom. The molecule has 50 heavy (non-hydrogen) atoms. The van der Waals surface area contributed by atoms with Crippen LogP contribution in [0.1, 0.15) is 0 Å². The molecule has 12 heteroatoms. The zero-order valence-electron chi connectivity index (χ0n) is 26.6. The van der Waals surface area contributed by atoms with Gasteiger partial charge in [0.25, 0.3) is 0 Å². The SMILES string of the molecule is OS(O)(O)COc1cccc(P(c2ccccc2)c2ccccc2)c1-c1c(OCS(O)(O)O)cccc1P(c1ccccc1)c1ccccc1. The second-order valence-corrected chi connectivity index (χ2v) is 18.5. The minimum Gasteiger partial charge on any atom is -0.477 e. The standard InChI is InChI=1S/C38H36O8P2S2/c39-49(40,41)27-45-33-23-13-25-35(47(29-15-5-1-6-16-29)30-17-7-2-8-18-30)37(33)38-34(46-28-50(42,43)44)24-14-26-36(38)48(31-19-9-3-10-20-31)32-21-11-4-12-22-32/h1-26,39-44H,27-28H2. The molecule has 0 aromatic heterocycles. The second-order valence-electron chi connectivity index (χ2n) is 11.1. The molecule has 0 unspecified atom stereocenters. The Bertz CT molecular complexity index is 1770. The lowest BCUT2D eigenvalue weighted by atomic mass is 10.0. The van der Waals surface area contributed by atoms with Crippen molar-refractivity contribution in [3.8, 4) is 22.6 Å². The molecule has 258 valence electrons. The third-order valence-electron chi connectivity index (χ3n) is 7.54. The molecule has 0 aliphatic rings. The van der Waals surface area contributed by atoms with Gasteiger partial charge in [-0.1, -0.05) is 146 Å². The van der Waals surface area contributed by atoms with Gasteiger partial charge in [0.05, 0.1) is 0 Å². The summed E-state index contributed by atoms with van der Waals surface area (Å²) in [6.45, 7) is 0. The zero-order chi connectivity index (χ0) is 35.1. The predicted molar refractivity (Wildman–Crippen MR) is 211 cm³/mol. The van der Waals surface area contributed by atoms with Gasteiger partial charge in [0.1, 0.15) is 33.2 Å². The molecule has 0 aliphatic heterocycles. The van der Waals surface area contributed by atoms with Gasteiger partial charge in [-0.05, 0) is 59.8 Å². The topological polar surface area (TPSA) is 140 Å². The highest BCUT2D eigenvalue weighted by atomic mass is 32.3. The van der Waals surface area contributed by atoms with Crippen LogP contribution in [0.25, 0.3) is 11.1 Å². The maximum Gasteiger partial charge on any atom is 0.185 e. The Hall–Kier alpha value is -3.76. The Kier molecular flexibility index (Phi) is 11.6. The van der Waals surface area contributed by atoms with Crippen LogP contribution in [-0.4, -0.2) is 39.2 Å². The molecule has 6 aromatic rings. The van der Waals surface area contributed by atoms with Gasteiger partial charge in [-0.25, -0.2) is 0 Å². The van der Waals surface area contributed by atoms with Crippen LogP contribution in [0.5, 0.6) is 11.5 Å². The van der Waals surface area contributed by atoms with E-state index in [1.54, 1.807) is 12.1 Å². The first-order valence-electron chi connectivity index (χ1n) is 15.4. The van der Waals surface area contributed by atoms with Crippen LogP contribution in [0.2, 0.25) is 0 Å². The van der Waals surface area contributed by atoms with Gasteiger partial charge in [0.15, 0.2) is 11.9 Å². The van der Waals surface area contributed by atoms with Gasteiger partial charge in [0.2, 0.25) is 0 Å². The smallest absolute Gasteiger partial charge is 0.185 e. The molecule has 0 heterocycles. The summed E-state index contributed by atoms with van der Waals surface area (Å²) < 4.78 is 72.2. The fourth-order valence-corrected chi connectivity index (χ4v) is 11.1. The molecule has 0 bridgehead atoms. The van der Waals surface area contributed by atoms with Gasteiger partial charge >= 0.3 is 0 Å². The fraction of sp³-hybridized carbons (Fsp3) is 0.0526. The van der Waals surface area contributed by atoms with E-state index in [4.69, 9.17) is 9.47 Å². The Morgan fingerprint density at radius 1 is 0.360 bits per heavy atom. The van der Waals surface area contributed by atoms with Crippen LogP contribution >= 0.6 is 37.6 Å². The first kappa shape index (κ1) is 36.0. The summed E-state index contributed by atoms with van der Waals surface area (Å²) in [4.78, 5) is 0. The lowest BCUT2D eigenvalue weighted by molar-refractivity contribution is 0.301. The van der Waals surface area contributed by atoms with Crippen molar-refractivity contribution in [2.45, 2.75) is 0 Å². The molecule has 0 fully saturated rings. The van der Waals surface area contributed by atoms with Gasteiger partial charge in [-0.15, -0.1) is 0 Å². The van der Waals surface area contributed by atoms with E-state index in [1.165, 1.54) is 0 Å². The zero-order valence-corrected chi connectivity index (χ0v) is 30.1. The van der Waals surface area contributed by atoms with Crippen LogP contribution in [-0.2, 0) is 0 Å². The highest BCUT2D eigenvalue weighted by Gasteiger charge is 2.31. The first-order valence-corrected chi connectivity index (χ1v) is 21.4. The van der Waals surface area contributed by atoms with Crippen molar-refractivity contribution >= 4 is 69.4 Å². The molecule has 6 rings (SSSR count). The molecule has 6 N–H and O–H groups in total. The van der Waals surface area contributed by atoms with Crippen molar-refractivity contribution in [2.75, 3.05) is 11.9 Å². The van der Waals surface area contributed by atoms with Crippen molar-refractivity contribution in [3.05, 3.63) is 158 Å². The second kappa shape index (κ2) is 16.1. The number of ether oxygens (including phenoxy) is 2. The van der Waals surface area contributed by atoms with Crippen molar-refractivity contribution in [1.29, 1.82) is 0 Å². The van der Waals surface area contributed by atoms with E-state index in [2.05, 4.69) is 48.5 Å². The van der Waals surface area contributed by atoms with Crippen LogP contribution in [0.4, 0.5) is 0 Å². The average Bonchev–Trinajstić information content (AvgIpc) is 3.12. The third-order valence-corrected chi connectivity index (χ3v) is 13.4. The normalized spacial score (nSPS) is 12.6. The summed E-state index contributed by atoms with van der Waals surface area (Å²) in [5.41, 5.74) is 1.13. The Labute approximate surface area is 297 Å². The molecule has 0 atom stereocenters. The summed E-state index contributed by atoms with van der Waals surface area (Å²) in [7, 11) is -10.7. The minimum absolute atomic E-state index is 0.250. The maximum absolute atomic E-state index is 10.0. The van der Waals surface area contributed by atoms with Gasteiger partial charge in [-0.3, -0.25) is 0 Å². The van der Waals surface area contributed by atoms with E-state index in [0.29, 0.717) is 11.1 Å². The van der Waals surface area contributed by atoms with Crippen LogP contribution in [0, 0.1) is 0 Å². The molecule has 6 aromatic carbocycles. The molecule has 0 radical (unpaired) electrons. The van der Waals surface area contributed by atoms with Crippen molar-refractivity contribution in [1.82, 2.24) is 0 Å². The first-order chi connectivity index (χ1) is 24.1. The summed E-state index contributed by atoms with van der Waals surface area (Å²) >= 11 is 0. The Morgan fingerprint density at radius 3 is 0.900 bits per heavy atom. The molecular formula is C38H36O8P2S2. The molecular weight excluding hydrogens is 710 g/mol. The summed E-state index contributed by atoms with van der Waals surface area (Å²) in [6.07, 6.45) is 0. The largest absolute Gasteiger partial charge is 0.477 e. The van der Waals surface area contributed by atoms with Crippen LogP contribution in [0.3, 0.4) is 0 Å². The van der Waals surface area contributed by atoms with E-state index in [9.17, 15) is 27.3 Å². The molecule has 0 saturated carbocycles. The summed E-state index contributed by atoms with van der Waals surface area (Å²) in [5, 5.41) is 5.84. The van der Waals surface area contributed by atoms with E-state index < -0.39 is 49.5 Å². The molecule has 0 spiro atoms. The minimum atomic E-state index is -4.05. The highest BCUT2D eigenvalue weighted by molar-refractivity contribution is 8.19. The monoisotopic (exact) mass is 746 g/mol. The van der Waals surface area contributed by atoms with Gasteiger partial charge in [0, 0.05) is 11.1 Å². The summed E-state index contributed by atoms with van der Waals surface area (Å²) in [6, 6.07) is 51.2. The average molecular weight is 747 g/mol. The van der Waals surface area contributed by atoms with Crippen LogP contribution < -0.4 is 41.3 Å². The van der Waals surface area contributed by atoms with Gasteiger partial charge < -0.3 is 36.8 Å². The molecule has 8 nitrogen and oxygen atoms in total. The van der Waals surface area contributed by atoms with E-state index >= 15 is 0 Å². The van der Waals surface area contributed by atoms with E-state index in [0.717, 1.165) is 31.8 Å².